The summed E-state index contributed by atoms with van der Waals surface area (Å²) in [4.78, 5) is 21.4. The summed E-state index contributed by atoms with van der Waals surface area (Å²) in [6, 6.07) is -0.0428. The number of halogens is 1. The van der Waals surface area contributed by atoms with E-state index in [9.17, 15) is 4.79 Å². The first kappa shape index (κ1) is 10.8. The van der Waals surface area contributed by atoms with E-state index in [1.165, 1.54) is 0 Å². The van der Waals surface area contributed by atoms with Crippen LogP contribution in [0, 0.1) is 3.57 Å². The SMILES string of the molecule is O=CC1CCCCN1c1ncc(I)cn1. The average Bonchev–Trinajstić information content (AvgIpc) is 2.30. The molecule has 0 N–H and O–H groups in total. The van der Waals surface area contributed by atoms with Crippen LogP contribution >= 0.6 is 22.6 Å². The minimum Gasteiger partial charge on any atom is -0.331 e. The van der Waals surface area contributed by atoms with Gasteiger partial charge >= 0.3 is 0 Å². The third kappa shape index (κ3) is 2.45. The first-order chi connectivity index (χ1) is 7.31. The van der Waals surface area contributed by atoms with E-state index in [4.69, 9.17) is 0 Å². The van der Waals surface area contributed by atoms with Gasteiger partial charge in [-0.25, -0.2) is 9.97 Å². The van der Waals surface area contributed by atoms with Crippen LogP contribution in [0.25, 0.3) is 0 Å². The van der Waals surface area contributed by atoms with Gasteiger partial charge in [-0.05, 0) is 41.9 Å². The predicted molar refractivity (Wildman–Crippen MR) is 65.8 cm³/mol. The fraction of sp³-hybridized carbons (Fsp3) is 0.500. The number of nitrogens with zero attached hydrogens (tertiary/aromatic N) is 3. The number of rotatable bonds is 2. The molecule has 4 nitrogen and oxygen atoms in total. The van der Waals surface area contributed by atoms with Gasteiger partial charge in [0, 0.05) is 22.5 Å². The van der Waals surface area contributed by atoms with Gasteiger partial charge in [0.25, 0.3) is 0 Å². The van der Waals surface area contributed by atoms with Crippen LogP contribution in [0.1, 0.15) is 19.3 Å². The van der Waals surface area contributed by atoms with Crippen molar-refractivity contribution in [3.05, 3.63) is 16.0 Å². The molecule has 80 valence electrons. The van der Waals surface area contributed by atoms with Crippen LogP contribution in [0.3, 0.4) is 0 Å². The maximum absolute atomic E-state index is 10.9. The molecule has 5 heteroatoms. The van der Waals surface area contributed by atoms with Gasteiger partial charge in [-0.1, -0.05) is 0 Å². The summed E-state index contributed by atoms with van der Waals surface area (Å²) >= 11 is 2.17. The summed E-state index contributed by atoms with van der Waals surface area (Å²) in [6.07, 6.45) is 7.70. The summed E-state index contributed by atoms with van der Waals surface area (Å²) in [5.74, 6) is 0.673. The van der Waals surface area contributed by atoms with Gasteiger partial charge in [-0.3, -0.25) is 0 Å². The normalized spacial score (nSPS) is 21.4. The number of piperidine rings is 1. The molecule has 0 saturated carbocycles. The Morgan fingerprint density at radius 1 is 1.40 bits per heavy atom. The van der Waals surface area contributed by atoms with Gasteiger partial charge in [-0.15, -0.1) is 0 Å². The number of carbonyl (C=O) groups is 1. The van der Waals surface area contributed by atoms with Crippen LogP contribution in [0.2, 0.25) is 0 Å². The van der Waals surface area contributed by atoms with Gasteiger partial charge in [0.05, 0.1) is 6.04 Å². The van der Waals surface area contributed by atoms with Crippen molar-refractivity contribution in [2.75, 3.05) is 11.4 Å². The van der Waals surface area contributed by atoms with Crippen molar-refractivity contribution in [1.29, 1.82) is 0 Å². The Kier molecular flexibility index (Phi) is 3.50. The van der Waals surface area contributed by atoms with Gasteiger partial charge in [0.1, 0.15) is 6.29 Å². The lowest BCUT2D eigenvalue weighted by Crippen LogP contribution is -2.41. The quantitative estimate of drug-likeness (QED) is 0.614. The Hall–Kier alpha value is -0.720. The molecule has 1 aliphatic rings. The van der Waals surface area contributed by atoms with Gasteiger partial charge in [-0.2, -0.15) is 0 Å². The van der Waals surface area contributed by atoms with E-state index in [1.807, 2.05) is 4.90 Å². The van der Waals surface area contributed by atoms with Crippen molar-refractivity contribution >= 4 is 34.8 Å². The van der Waals surface area contributed by atoms with E-state index in [2.05, 4.69) is 32.6 Å². The summed E-state index contributed by atoms with van der Waals surface area (Å²) in [6.45, 7) is 0.879. The number of hydrogen-bond acceptors (Lipinski definition) is 4. The van der Waals surface area contributed by atoms with E-state index < -0.39 is 0 Å². The molecule has 2 heterocycles. The highest BCUT2D eigenvalue weighted by molar-refractivity contribution is 14.1. The molecule has 1 aliphatic heterocycles. The highest BCUT2D eigenvalue weighted by Crippen LogP contribution is 2.20. The number of aromatic nitrogens is 2. The standard InChI is InChI=1S/C10H12IN3O/c11-8-5-12-10(13-6-8)14-4-2-1-3-9(14)7-15/h5-7,9H,1-4H2. The van der Waals surface area contributed by atoms with Crippen LogP contribution in [-0.4, -0.2) is 28.8 Å². The molecule has 1 unspecified atom stereocenters. The fourth-order valence-electron chi connectivity index (χ4n) is 1.80. The van der Waals surface area contributed by atoms with E-state index >= 15 is 0 Å². The van der Waals surface area contributed by atoms with E-state index in [1.54, 1.807) is 12.4 Å². The largest absolute Gasteiger partial charge is 0.331 e. The molecule has 1 aromatic heterocycles. The molecule has 0 aliphatic carbocycles. The first-order valence-corrected chi connectivity index (χ1v) is 6.08. The van der Waals surface area contributed by atoms with Crippen LogP contribution in [0.15, 0.2) is 12.4 Å². The Morgan fingerprint density at radius 2 is 2.13 bits per heavy atom. The van der Waals surface area contributed by atoms with E-state index in [-0.39, 0.29) is 6.04 Å². The highest BCUT2D eigenvalue weighted by atomic mass is 127. The lowest BCUT2D eigenvalue weighted by molar-refractivity contribution is -0.109. The topological polar surface area (TPSA) is 46.1 Å². The molecular weight excluding hydrogens is 305 g/mol. The van der Waals surface area contributed by atoms with Crippen molar-refractivity contribution in [1.82, 2.24) is 9.97 Å². The maximum Gasteiger partial charge on any atom is 0.225 e. The number of carbonyl (C=O) groups excluding carboxylic acids is 1. The molecule has 0 radical (unpaired) electrons. The summed E-state index contributed by atoms with van der Waals surface area (Å²) in [7, 11) is 0. The molecule has 0 spiro atoms. The Balaban J connectivity index is 2.20. The lowest BCUT2D eigenvalue weighted by atomic mass is 10.0. The first-order valence-electron chi connectivity index (χ1n) is 5.01. The van der Waals surface area contributed by atoms with Crippen molar-refractivity contribution in [2.24, 2.45) is 0 Å². The molecule has 0 bridgehead atoms. The van der Waals surface area contributed by atoms with Gasteiger partial charge < -0.3 is 9.69 Å². The van der Waals surface area contributed by atoms with Crippen molar-refractivity contribution in [3.8, 4) is 0 Å². The molecule has 0 amide bonds. The summed E-state index contributed by atoms with van der Waals surface area (Å²) in [5.41, 5.74) is 0. The zero-order valence-electron chi connectivity index (χ0n) is 8.27. The van der Waals surface area contributed by atoms with E-state index in [0.717, 1.165) is 35.7 Å². The Labute approximate surface area is 102 Å². The average molecular weight is 317 g/mol. The van der Waals surface area contributed by atoms with Crippen molar-refractivity contribution < 1.29 is 4.79 Å². The van der Waals surface area contributed by atoms with Crippen LogP contribution < -0.4 is 4.90 Å². The smallest absolute Gasteiger partial charge is 0.225 e. The molecule has 1 fully saturated rings. The minimum absolute atomic E-state index is 0.0428. The lowest BCUT2D eigenvalue weighted by Gasteiger charge is -2.32. The summed E-state index contributed by atoms with van der Waals surface area (Å²) < 4.78 is 1.01. The van der Waals surface area contributed by atoms with Crippen molar-refractivity contribution in [3.63, 3.8) is 0 Å². The van der Waals surface area contributed by atoms with Crippen LogP contribution in [-0.2, 0) is 4.79 Å². The van der Waals surface area contributed by atoms with Crippen molar-refractivity contribution in [2.45, 2.75) is 25.3 Å². The van der Waals surface area contributed by atoms with Crippen LogP contribution in [0.4, 0.5) is 5.95 Å². The second kappa shape index (κ2) is 4.87. The monoisotopic (exact) mass is 317 g/mol. The maximum atomic E-state index is 10.9. The number of aldehydes is 1. The number of hydrogen-bond donors (Lipinski definition) is 0. The minimum atomic E-state index is -0.0428. The zero-order valence-corrected chi connectivity index (χ0v) is 10.4. The zero-order chi connectivity index (χ0) is 10.7. The molecular formula is C10H12IN3O. The third-order valence-electron chi connectivity index (χ3n) is 2.57. The number of anilines is 1. The second-order valence-electron chi connectivity index (χ2n) is 3.59. The molecule has 15 heavy (non-hydrogen) atoms. The van der Waals surface area contributed by atoms with Gasteiger partial charge in [0.15, 0.2) is 0 Å². The third-order valence-corrected chi connectivity index (χ3v) is 3.13. The van der Waals surface area contributed by atoms with Crippen LogP contribution in [0.5, 0.6) is 0 Å². The fourth-order valence-corrected chi connectivity index (χ4v) is 2.08. The Morgan fingerprint density at radius 3 is 2.80 bits per heavy atom. The Bertz CT molecular complexity index is 341. The molecule has 1 saturated heterocycles. The molecule has 1 aromatic rings. The predicted octanol–water partition coefficient (Wildman–Crippen LogP) is 1.64. The molecule has 1 atom stereocenters. The second-order valence-corrected chi connectivity index (χ2v) is 4.84. The summed E-state index contributed by atoms with van der Waals surface area (Å²) in [5, 5.41) is 0. The highest BCUT2D eigenvalue weighted by Gasteiger charge is 2.23. The van der Waals surface area contributed by atoms with E-state index in [0.29, 0.717) is 5.95 Å². The molecule has 2 rings (SSSR count). The van der Waals surface area contributed by atoms with Gasteiger partial charge in [0.2, 0.25) is 5.95 Å². The molecule has 0 aromatic carbocycles.